The Kier molecular flexibility index (Phi) is 9.60. The Bertz CT molecular complexity index is 945. The summed E-state index contributed by atoms with van der Waals surface area (Å²) in [6, 6.07) is 30.4. The van der Waals surface area contributed by atoms with Crippen molar-refractivity contribution in [3.63, 3.8) is 0 Å². The molecule has 0 bridgehead atoms. The molecule has 1 aliphatic carbocycles. The Morgan fingerprint density at radius 3 is 1.97 bits per heavy atom. The molecule has 0 heterocycles. The van der Waals surface area contributed by atoms with Crippen molar-refractivity contribution in [1.29, 1.82) is 0 Å². The van der Waals surface area contributed by atoms with Gasteiger partial charge in [0.1, 0.15) is 0 Å². The monoisotopic (exact) mass is 488 g/mol. The van der Waals surface area contributed by atoms with Crippen molar-refractivity contribution in [1.82, 2.24) is 3.80 Å². The molecule has 0 radical (unpaired) electrons. The molecule has 1 amide bonds. The molecular formula is C24H24Cl2NOSiTi. The van der Waals surface area contributed by atoms with E-state index in [4.69, 9.17) is 0 Å². The summed E-state index contributed by atoms with van der Waals surface area (Å²) >= 11 is -2.07. The molecule has 3 aromatic carbocycles. The molecule has 0 saturated heterocycles. The largest absolute Gasteiger partial charge is 1.00 e. The number of allylic oxidation sites excluding steroid dienone is 1. The zero-order valence-electron chi connectivity index (χ0n) is 16.8. The summed E-state index contributed by atoms with van der Waals surface area (Å²) in [6.45, 7) is 0.386. The van der Waals surface area contributed by atoms with Crippen LogP contribution < -0.4 is 39.0 Å². The Balaban J connectivity index is 0.00000160. The molecular weight excluding hydrogens is 465 g/mol. The van der Waals surface area contributed by atoms with Gasteiger partial charge in [-0.05, 0) is 0 Å². The van der Waals surface area contributed by atoms with E-state index >= 15 is 0 Å². The van der Waals surface area contributed by atoms with Crippen LogP contribution >= 0.6 is 0 Å². The van der Waals surface area contributed by atoms with Gasteiger partial charge in [0.25, 0.3) is 0 Å². The number of hydrogen-bond acceptors (Lipinski definition) is 1. The van der Waals surface area contributed by atoms with Crippen LogP contribution in [-0.4, -0.2) is 12.6 Å². The van der Waals surface area contributed by atoms with E-state index < -0.39 is 24.0 Å². The van der Waals surface area contributed by atoms with Crippen molar-refractivity contribution >= 4 is 29.0 Å². The molecule has 1 atom stereocenters. The predicted molar refractivity (Wildman–Crippen MR) is 116 cm³/mol. The number of halogens is 2. The van der Waals surface area contributed by atoms with Gasteiger partial charge in [-0.2, -0.15) is 0 Å². The minimum atomic E-state index is -2.07. The topological polar surface area (TPSA) is 29.1 Å². The van der Waals surface area contributed by atoms with E-state index in [-0.39, 0.29) is 30.7 Å². The van der Waals surface area contributed by atoms with E-state index in [0.29, 0.717) is 10.6 Å². The van der Waals surface area contributed by atoms with E-state index in [1.165, 1.54) is 21.5 Å². The molecule has 4 rings (SSSR count). The third-order valence-corrected chi connectivity index (χ3v) is 18.9. The van der Waals surface area contributed by atoms with Crippen LogP contribution in [-0.2, 0) is 22.2 Å². The van der Waals surface area contributed by atoms with Crippen molar-refractivity contribution in [2.45, 2.75) is 17.6 Å². The second-order valence-corrected chi connectivity index (χ2v) is 17.3. The second-order valence-electron chi connectivity index (χ2n) is 7.08. The summed E-state index contributed by atoms with van der Waals surface area (Å²) in [5, 5.41) is 2.86. The molecule has 1 aliphatic rings. The summed E-state index contributed by atoms with van der Waals surface area (Å²) in [5.74, 6) is 0.192. The van der Waals surface area contributed by atoms with E-state index in [0.717, 1.165) is 0 Å². The van der Waals surface area contributed by atoms with E-state index in [2.05, 4.69) is 101 Å². The molecule has 1 unspecified atom stereocenters. The number of carbonyl (C=O) groups is 1. The van der Waals surface area contributed by atoms with Crippen LogP contribution in [0.15, 0.2) is 91.0 Å². The molecule has 30 heavy (non-hydrogen) atoms. The van der Waals surface area contributed by atoms with E-state index in [1.807, 2.05) is 6.92 Å². The maximum atomic E-state index is 12.6. The second kappa shape index (κ2) is 11.7. The third-order valence-electron chi connectivity index (χ3n) is 5.32. The Labute approximate surface area is 198 Å². The fourth-order valence-corrected chi connectivity index (χ4v) is 18.6. The summed E-state index contributed by atoms with van der Waals surface area (Å²) in [7, 11) is 0. The molecule has 3 aromatic rings. The number of fused-ring (bicyclic) bond motifs is 1. The maximum Gasteiger partial charge on any atom is -1.00 e. The van der Waals surface area contributed by atoms with Crippen LogP contribution in [0, 0.1) is 0 Å². The first kappa shape index (κ1) is 24.6. The Hall–Kier alpha value is -1.62. The number of hydrogen-bond donors (Lipinski definition) is 1. The van der Waals surface area contributed by atoms with E-state index in [1.54, 1.807) is 0 Å². The molecule has 0 fully saturated rings. The van der Waals surface area contributed by atoms with Crippen LogP contribution in [0.2, 0.25) is 0 Å². The van der Waals surface area contributed by atoms with Crippen molar-refractivity contribution in [3.05, 3.63) is 102 Å². The maximum absolute atomic E-state index is 12.6. The van der Waals surface area contributed by atoms with Crippen molar-refractivity contribution in [2.24, 2.45) is 0 Å². The van der Waals surface area contributed by atoms with Gasteiger partial charge in [0, 0.05) is 0 Å². The van der Waals surface area contributed by atoms with Gasteiger partial charge in [0.15, 0.2) is 0 Å². The normalized spacial score (nSPS) is 13.7. The van der Waals surface area contributed by atoms with Crippen LogP contribution in [0.5, 0.6) is 0 Å². The molecule has 2 nitrogen and oxygen atoms in total. The molecule has 1 N–H and O–H groups in total. The van der Waals surface area contributed by atoms with Crippen molar-refractivity contribution in [2.75, 3.05) is 0 Å². The smallest absolute Gasteiger partial charge is 1.00 e. The first-order chi connectivity index (χ1) is 13.8. The number of amides is 1. The van der Waals surface area contributed by atoms with Crippen LogP contribution in [0.3, 0.4) is 0 Å². The number of nitrogens with one attached hydrogen (secondary N) is 1. The van der Waals surface area contributed by atoms with Crippen molar-refractivity contribution in [3.8, 4) is 0 Å². The SMILES string of the molecule is CCC(=O)[NH][Ti+2]([CH]1C=Cc2ccccc21)[SiH](c1ccccc1)c1ccccc1.[Cl-].[Cl-]. The Morgan fingerprint density at radius 1 is 0.867 bits per heavy atom. The van der Waals surface area contributed by atoms with Gasteiger partial charge in [-0.15, -0.1) is 0 Å². The zero-order chi connectivity index (χ0) is 19.3. The standard InChI is InChI=1S/C12H11Si.C9H7.C3H7NO.2ClH.Ti/c1-3-7-11(8-4-1)13-12-9-5-2-6-10-12;1-2-5-9-7-3-6-8(9)4-1;1-2-3(4)5;;;/h1-10,13H;1-7H;2H2,1H3,(H2,4,5);2*1H;/q;;;;;+3/p-3. The molecule has 0 spiro atoms. The first-order valence-corrected chi connectivity index (χ1v) is 15.9. The average molecular weight is 489 g/mol. The number of rotatable bonds is 6. The Morgan fingerprint density at radius 2 is 1.40 bits per heavy atom. The van der Waals surface area contributed by atoms with Gasteiger partial charge >= 0.3 is 175 Å². The van der Waals surface area contributed by atoms with Gasteiger partial charge in [0.2, 0.25) is 0 Å². The van der Waals surface area contributed by atoms with Crippen LogP contribution in [0.4, 0.5) is 0 Å². The minimum absolute atomic E-state index is 0. The van der Waals surface area contributed by atoms with Crippen LogP contribution in [0.1, 0.15) is 28.7 Å². The van der Waals surface area contributed by atoms with Crippen LogP contribution in [0.25, 0.3) is 6.08 Å². The van der Waals surface area contributed by atoms with E-state index in [9.17, 15) is 4.79 Å². The molecule has 0 aliphatic heterocycles. The summed E-state index contributed by atoms with van der Waals surface area (Å²) in [5.41, 5.74) is 2.69. The first-order valence-electron chi connectivity index (χ1n) is 9.81. The molecule has 6 heteroatoms. The quantitative estimate of drug-likeness (QED) is 0.378. The zero-order valence-corrected chi connectivity index (χ0v) is 21.0. The van der Waals surface area contributed by atoms with Gasteiger partial charge in [-0.3, -0.25) is 0 Å². The molecule has 0 aromatic heterocycles. The van der Waals surface area contributed by atoms with Crippen molar-refractivity contribution < 1.29 is 47.0 Å². The predicted octanol–water partition coefficient (Wildman–Crippen LogP) is -2.64. The minimum Gasteiger partial charge on any atom is -1.00 e. The number of benzene rings is 3. The molecule has 0 saturated carbocycles. The van der Waals surface area contributed by atoms with Gasteiger partial charge in [-0.25, -0.2) is 0 Å². The van der Waals surface area contributed by atoms with Gasteiger partial charge < -0.3 is 24.8 Å². The van der Waals surface area contributed by atoms with Gasteiger partial charge in [-0.1, -0.05) is 0 Å². The summed E-state index contributed by atoms with van der Waals surface area (Å²) in [4.78, 5) is 12.6. The fourth-order valence-electron chi connectivity index (χ4n) is 3.94. The summed E-state index contributed by atoms with van der Waals surface area (Å²) in [6.07, 6.45) is 5.13. The fraction of sp³-hybridized carbons (Fsp3) is 0.125. The summed E-state index contributed by atoms with van der Waals surface area (Å²) < 4.78 is 3.95. The number of carbonyl (C=O) groups excluding carboxylic acids is 1. The van der Waals surface area contributed by atoms with Gasteiger partial charge in [0.05, 0.1) is 0 Å². The third kappa shape index (κ3) is 5.35. The molecule has 153 valence electrons. The average Bonchev–Trinajstić information content (AvgIpc) is 3.19.